The second-order valence-electron chi connectivity index (χ2n) is 15.3. The molecule has 3 heterocycles. The molecular formula is C49H42F2N4. The number of rotatable bonds is 8. The smallest absolute Gasteiger partial charge is 0.298 e. The van der Waals surface area contributed by atoms with Gasteiger partial charge in [-0.3, -0.25) is 4.57 Å². The molecule has 8 aromatic rings. The van der Waals surface area contributed by atoms with Crippen molar-refractivity contribution < 1.29 is 8.78 Å². The normalized spacial score (nSPS) is 13.3. The number of fused-ring (bicyclic) bond motifs is 4. The van der Waals surface area contributed by atoms with E-state index >= 15 is 8.78 Å². The van der Waals surface area contributed by atoms with Crippen molar-refractivity contribution in [2.24, 2.45) is 0 Å². The van der Waals surface area contributed by atoms with Gasteiger partial charge in [0.1, 0.15) is 12.5 Å². The quantitative estimate of drug-likeness (QED) is 0.156. The van der Waals surface area contributed by atoms with E-state index in [1.165, 1.54) is 5.56 Å². The summed E-state index contributed by atoms with van der Waals surface area (Å²) in [7, 11) is 0. The van der Waals surface area contributed by atoms with Crippen LogP contribution in [0.15, 0.2) is 164 Å². The van der Waals surface area contributed by atoms with Gasteiger partial charge in [0, 0.05) is 44.9 Å². The van der Waals surface area contributed by atoms with Crippen LogP contribution in [0.25, 0.3) is 27.6 Å². The maximum atomic E-state index is 17.3. The van der Waals surface area contributed by atoms with Crippen LogP contribution >= 0.6 is 0 Å². The number of anilines is 4. The zero-order valence-electron chi connectivity index (χ0n) is 31.4. The number of para-hydroxylation sites is 4. The summed E-state index contributed by atoms with van der Waals surface area (Å²) in [6.45, 7) is 9.02. The van der Waals surface area contributed by atoms with E-state index < -0.39 is 5.92 Å². The van der Waals surface area contributed by atoms with Gasteiger partial charge in [-0.1, -0.05) is 119 Å². The molecule has 0 atom stereocenters. The Bertz CT molecular complexity index is 2680. The first kappa shape index (κ1) is 34.5. The molecule has 0 aliphatic carbocycles. The van der Waals surface area contributed by atoms with Gasteiger partial charge in [-0.25, -0.2) is 4.98 Å². The van der Waals surface area contributed by atoms with Crippen molar-refractivity contribution in [2.45, 2.75) is 45.0 Å². The first-order chi connectivity index (χ1) is 26.6. The lowest BCUT2D eigenvalue weighted by atomic mass is 9.78. The summed E-state index contributed by atoms with van der Waals surface area (Å²) in [5, 5.41) is 1.89. The topological polar surface area (TPSA) is 24.3 Å². The van der Waals surface area contributed by atoms with Crippen LogP contribution in [0, 0.1) is 0 Å². The van der Waals surface area contributed by atoms with Crippen LogP contribution in [0.2, 0.25) is 0 Å². The van der Waals surface area contributed by atoms with Crippen LogP contribution in [0.3, 0.4) is 0 Å². The van der Waals surface area contributed by atoms with Gasteiger partial charge in [-0.05, 0) is 89.3 Å². The second-order valence-corrected chi connectivity index (χ2v) is 15.3. The molecule has 0 bridgehead atoms. The molecule has 0 saturated heterocycles. The molecule has 4 nitrogen and oxygen atoms in total. The number of aromatic nitrogens is 2. The highest BCUT2D eigenvalue weighted by Gasteiger charge is 2.37. The fraction of sp³-hybridized carbons (Fsp3) is 0.163. The number of nitrogens with zero attached hydrogens (tertiary/aromatic N) is 4. The Morgan fingerprint density at radius 2 is 1.18 bits per heavy atom. The Morgan fingerprint density at radius 1 is 0.545 bits per heavy atom. The van der Waals surface area contributed by atoms with Gasteiger partial charge in [0.2, 0.25) is 0 Å². The highest BCUT2D eigenvalue weighted by molar-refractivity contribution is 6.09. The second kappa shape index (κ2) is 13.2. The van der Waals surface area contributed by atoms with Gasteiger partial charge in [-0.15, -0.1) is 0 Å². The third kappa shape index (κ3) is 5.84. The predicted molar refractivity (Wildman–Crippen MR) is 223 cm³/mol. The molecule has 0 unspecified atom stereocenters. The van der Waals surface area contributed by atoms with Crippen LogP contribution in [0.1, 0.15) is 61.4 Å². The zero-order chi connectivity index (χ0) is 37.9. The highest BCUT2D eigenvalue weighted by atomic mass is 19.3. The van der Waals surface area contributed by atoms with Gasteiger partial charge in [0.25, 0.3) is 5.92 Å². The molecule has 272 valence electrons. The van der Waals surface area contributed by atoms with Crippen molar-refractivity contribution >= 4 is 44.6 Å². The average Bonchev–Trinajstić information content (AvgIpc) is 3.77. The molecule has 55 heavy (non-hydrogen) atoms. The minimum Gasteiger partial charge on any atom is -0.321 e. The van der Waals surface area contributed by atoms with Gasteiger partial charge in [-0.2, -0.15) is 8.78 Å². The summed E-state index contributed by atoms with van der Waals surface area (Å²) >= 11 is 0. The van der Waals surface area contributed by atoms with Crippen LogP contribution in [-0.4, -0.2) is 16.2 Å². The number of benzene rings is 6. The molecule has 2 aromatic heterocycles. The monoisotopic (exact) mass is 724 g/mol. The Labute approximate surface area is 320 Å². The third-order valence-electron chi connectivity index (χ3n) is 11.3. The maximum Gasteiger partial charge on any atom is 0.298 e. The summed E-state index contributed by atoms with van der Waals surface area (Å²) in [6.07, 6.45) is 1.82. The van der Waals surface area contributed by atoms with Gasteiger partial charge in [0.05, 0.1) is 22.4 Å². The summed E-state index contributed by atoms with van der Waals surface area (Å²) in [5.41, 5.74) is 8.15. The average molecular weight is 725 g/mol. The molecule has 9 rings (SSSR count). The largest absolute Gasteiger partial charge is 0.321 e. The number of halogens is 2. The Balaban J connectivity index is 1.17. The minimum absolute atomic E-state index is 0.0314. The Hall–Kier alpha value is -6.27. The van der Waals surface area contributed by atoms with Crippen LogP contribution in [-0.2, 0) is 11.3 Å². The first-order valence-corrected chi connectivity index (χ1v) is 18.9. The minimum atomic E-state index is -3.29. The Morgan fingerprint density at radius 3 is 1.91 bits per heavy atom. The predicted octanol–water partition coefficient (Wildman–Crippen LogP) is 13.0. The van der Waals surface area contributed by atoms with Crippen LogP contribution in [0.5, 0.6) is 0 Å². The molecule has 0 saturated carbocycles. The van der Waals surface area contributed by atoms with E-state index in [-0.39, 0.29) is 22.5 Å². The van der Waals surface area contributed by atoms with E-state index in [0.29, 0.717) is 18.0 Å². The summed E-state index contributed by atoms with van der Waals surface area (Å²) in [4.78, 5) is 9.21. The lowest BCUT2D eigenvalue weighted by Crippen LogP contribution is -2.25. The molecule has 0 fully saturated rings. The van der Waals surface area contributed by atoms with E-state index in [4.69, 9.17) is 4.98 Å². The number of alkyl halides is 2. The molecule has 0 spiro atoms. The molecule has 1 aliphatic rings. The first-order valence-electron chi connectivity index (χ1n) is 18.9. The van der Waals surface area contributed by atoms with Crippen molar-refractivity contribution in [3.8, 4) is 5.82 Å². The fourth-order valence-corrected chi connectivity index (χ4v) is 8.10. The molecule has 6 aromatic carbocycles. The van der Waals surface area contributed by atoms with Crippen molar-refractivity contribution in [1.29, 1.82) is 0 Å². The van der Waals surface area contributed by atoms with E-state index in [2.05, 4.69) is 104 Å². The number of hydrogen-bond acceptors (Lipinski definition) is 3. The summed E-state index contributed by atoms with van der Waals surface area (Å²) in [6, 6.07) is 51.5. The van der Waals surface area contributed by atoms with E-state index in [1.807, 2.05) is 77.5 Å². The van der Waals surface area contributed by atoms with Crippen LogP contribution < -0.4 is 9.80 Å². The number of pyridine rings is 1. The zero-order valence-corrected chi connectivity index (χ0v) is 31.4. The molecule has 6 heteroatoms. The van der Waals surface area contributed by atoms with Gasteiger partial charge >= 0.3 is 0 Å². The van der Waals surface area contributed by atoms with E-state index in [1.54, 1.807) is 24.3 Å². The molecule has 0 amide bonds. The van der Waals surface area contributed by atoms with Crippen LogP contribution in [0.4, 0.5) is 31.5 Å². The van der Waals surface area contributed by atoms with Gasteiger partial charge in [0.15, 0.2) is 0 Å². The molecule has 0 radical (unpaired) electrons. The molecule has 1 aliphatic heterocycles. The van der Waals surface area contributed by atoms with Crippen molar-refractivity contribution in [2.75, 3.05) is 16.5 Å². The summed E-state index contributed by atoms with van der Waals surface area (Å²) in [5.74, 6) is -2.56. The third-order valence-corrected chi connectivity index (χ3v) is 11.3. The molecular weight excluding hydrogens is 683 g/mol. The lowest BCUT2D eigenvalue weighted by molar-refractivity contribution is 0.0429. The van der Waals surface area contributed by atoms with Crippen molar-refractivity contribution in [1.82, 2.24) is 9.55 Å². The van der Waals surface area contributed by atoms with Gasteiger partial charge < -0.3 is 9.80 Å². The highest BCUT2D eigenvalue weighted by Crippen LogP contribution is 2.47. The SMILES string of the molecule is CC(C)c1cc(N2CN(c3ccccc3)c3ccccc32)cc(C(F)(F)c2ccc3c4ccccc4n(-c4cc(C(C)(C)c5ccccc5)ccn4)c3c2)c1. The van der Waals surface area contributed by atoms with Crippen molar-refractivity contribution in [3.05, 3.63) is 192 Å². The van der Waals surface area contributed by atoms with E-state index in [9.17, 15) is 0 Å². The number of hydrogen-bond donors (Lipinski definition) is 0. The molecule has 0 N–H and O–H groups in total. The Kier molecular flexibility index (Phi) is 8.30. The standard InChI is InChI=1S/C49H42F2N4/c1-33(2)34-27-38(29-40(28-34)54-32-53(39-17-9-6-10-18-39)44-21-13-14-22-45(44)54)49(50,51)37-23-24-42-41-19-11-12-20-43(41)55(46(42)30-37)47-31-36(25-26-52-47)48(3,4)35-15-7-5-8-16-35/h5-31,33H,32H2,1-4H3. The summed E-state index contributed by atoms with van der Waals surface area (Å²) < 4.78 is 36.6. The van der Waals surface area contributed by atoms with Crippen molar-refractivity contribution in [3.63, 3.8) is 0 Å². The van der Waals surface area contributed by atoms with E-state index in [0.717, 1.165) is 50.2 Å². The fourth-order valence-electron chi connectivity index (χ4n) is 8.10. The lowest BCUT2D eigenvalue weighted by Gasteiger charge is -2.26. The maximum absolute atomic E-state index is 17.3.